The van der Waals surface area contributed by atoms with Crippen molar-refractivity contribution >= 4 is 22.6 Å². The monoisotopic (exact) mass is 360 g/mol. The molecule has 1 heterocycles. The van der Waals surface area contributed by atoms with Gasteiger partial charge in [-0.25, -0.2) is 4.39 Å². The summed E-state index contributed by atoms with van der Waals surface area (Å²) >= 11 is 1.58. The van der Waals surface area contributed by atoms with E-state index in [9.17, 15) is 17.6 Å². The van der Waals surface area contributed by atoms with Crippen LogP contribution in [0, 0.1) is 14.9 Å². The summed E-state index contributed by atoms with van der Waals surface area (Å²) in [6, 6.07) is 2.61. The van der Waals surface area contributed by atoms with Crippen LogP contribution < -0.4 is 4.74 Å². The molecule has 0 aliphatic carbocycles. The Bertz CT molecular complexity index is 456. The van der Waals surface area contributed by atoms with Crippen LogP contribution in [0.3, 0.4) is 0 Å². The molecular formula is C9H5F4IN2O. The summed E-state index contributed by atoms with van der Waals surface area (Å²) in [6.45, 7) is -1.02. The first-order chi connectivity index (χ1) is 7.87. The third kappa shape index (κ3) is 3.99. The number of ether oxygens (including phenoxy) is 1. The average molecular weight is 360 g/mol. The topological polar surface area (TPSA) is 45.9 Å². The summed E-state index contributed by atoms with van der Waals surface area (Å²) in [6.07, 6.45) is -5.07. The van der Waals surface area contributed by atoms with Gasteiger partial charge in [0.2, 0.25) is 0 Å². The van der Waals surface area contributed by atoms with Crippen molar-refractivity contribution in [3.8, 4) is 11.8 Å². The maximum absolute atomic E-state index is 12.4. The fourth-order valence-electron chi connectivity index (χ4n) is 1.07. The number of aromatic nitrogens is 1. The second kappa shape index (κ2) is 5.48. The van der Waals surface area contributed by atoms with E-state index < -0.39 is 18.8 Å². The molecule has 8 heteroatoms. The molecule has 1 aromatic rings. The van der Waals surface area contributed by atoms with Crippen molar-refractivity contribution in [3.63, 3.8) is 0 Å². The Labute approximate surface area is 108 Å². The lowest BCUT2D eigenvalue weighted by atomic mass is 10.2. The van der Waals surface area contributed by atoms with E-state index in [0.717, 1.165) is 6.07 Å². The van der Waals surface area contributed by atoms with E-state index in [1.54, 1.807) is 28.7 Å². The van der Waals surface area contributed by atoms with Crippen LogP contribution in [0.5, 0.6) is 5.75 Å². The molecule has 1 rings (SSSR count). The molecule has 0 aliphatic rings. The first-order valence-electron chi connectivity index (χ1n) is 4.24. The third-order valence-corrected chi connectivity index (χ3v) is 2.81. The van der Waals surface area contributed by atoms with E-state index in [2.05, 4.69) is 9.72 Å². The van der Waals surface area contributed by atoms with Crippen molar-refractivity contribution < 1.29 is 22.3 Å². The second-order valence-corrected chi connectivity index (χ2v) is 3.97. The number of nitrogens with zero attached hydrogens (tertiary/aromatic N) is 2. The zero-order chi connectivity index (χ0) is 13.1. The molecule has 0 bridgehead atoms. The molecule has 0 radical (unpaired) electrons. The van der Waals surface area contributed by atoms with Crippen LogP contribution in [-0.2, 0) is 13.1 Å². The van der Waals surface area contributed by atoms with Crippen molar-refractivity contribution in [1.82, 2.24) is 4.98 Å². The number of alkyl halides is 4. The third-order valence-electron chi connectivity index (χ3n) is 1.66. The van der Waals surface area contributed by atoms with Gasteiger partial charge in [-0.3, -0.25) is 4.98 Å². The number of pyridine rings is 1. The van der Waals surface area contributed by atoms with Gasteiger partial charge >= 0.3 is 6.36 Å². The van der Waals surface area contributed by atoms with Gasteiger partial charge in [0.05, 0.1) is 27.4 Å². The van der Waals surface area contributed by atoms with Gasteiger partial charge in [-0.05, 0) is 22.6 Å². The van der Waals surface area contributed by atoms with Crippen molar-refractivity contribution in [2.75, 3.05) is 0 Å². The molecule has 0 aliphatic heterocycles. The van der Waals surface area contributed by atoms with E-state index >= 15 is 0 Å². The van der Waals surface area contributed by atoms with Crippen LogP contribution in [-0.4, -0.2) is 11.3 Å². The molecular weight excluding hydrogens is 355 g/mol. The summed E-state index contributed by atoms with van der Waals surface area (Å²) in [5.41, 5.74) is -0.127. The molecule has 0 fully saturated rings. The highest BCUT2D eigenvalue weighted by atomic mass is 127. The number of hydrogen-bond acceptors (Lipinski definition) is 3. The summed E-state index contributed by atoms with van der Waals surface area (Å²) in [5, 5.41) is 8.48. The molecule has 0 spiro atoms. The highest BCUT2D eigenvalue weighted by molar-refractivity contribution is 14.1. The molecule has 0 saturated heterocycles. The molecule has 0 saturated carbocycles. The lowest BCUT2D eigenvalue weighted by Gasteiger charge is -2.13. The molecule has 0 atom stereocenters. The van der Waals surface area contributed by atoms with Crippen molar-refractivity contribution in [2.24, 2.45) is 0 Å². The number of halogens is 5. The molecule has 1 aromatic heterocycles. The average Bonchev–Trinajstić information content (AvgIpc) is 2.22. The van der Waals surface area contributed by atoms with Crippen LogP contribution >= 0.6 is 22.6 Å². The molecule has 3 nitrogen and oxygen atoms in total. The standard InChI is InChI=1S/C9H5F4IN2O/c10-4-5-3-7(17-9(11,12)13)8(14)6(16-5)1-2-15/h3H,1,4H2. The van der Waals surface area contributed by atoms with Gasteiger partial charge in [0, 0.05) is 6.07 Å². The molecule has 92 valence electrons. The van der Waals surface area contributed by atoms with E-state index in [0.29, 0.717) is 0 Å². The predicted octanol–water partition coefficient (Wildman–Crippen LogP) is 3.12. The van der Waals surface area contributed by atoms with Gasteiger partial charge in [0.25, 0.3) is 0 Å². The maximum atomic E-state index is 12.4. The fraction of sp³-hybridized carbons (Fsp3) is 0.333. The Morgan fingerprint density at radius 1 is 1.47 bits per heavy atom. The smallest absolute Gasteiger partial charge is 0.405 e. The SMILES string of the molecule is N#CCc1nc(CF)cc(OC(F)(F)F)c1I. The largest absolute Gasteiger partial charge is 0.573 e. The Kier molecular flexibility index (Phi) is 4.50. The van der Waals surface area contributed by atoms with Crippen LogP contribution in [0.2, 0.25) is 0 Å². The zero-order valence-electron chi connectivity index (χ0n) is 8.18. The Morgan fingerprint density at radius 2 is 2.12 bits per heavy atom. The van der Waals surface area contributed by atoms with Crippen molar-refractivity contribution in [1.29, 1.82) is 5.26 Å². The molecule has 0 N–H and O–H groups in total. The highest BCUT2D eigenvalue weighted by Gasteiger charge is 2.32. The Hall–Kier alpha value is -1.11. The lowest BCUT2D eigenvalue weighted by Crippen LogP contribution is -2.18. The van der Waals surface area contributed by atoms with Gasteiger partial charge < -0.3 is 4.74 Å². The van der Waals surface area contributed by atoms with Crippen molar-refractivity contribution in [3.05, 3.63) is 21.0 Å². The van der Waals surface area contributed by atoms with Gasteiger partial charge in [-0.1, -0.05) is 0 Å². The Morgan fingerprint density at radius 3 is 2.59 bits per heavy atom. The highest BCUT2D eigenvalue weighted by Crippen LogP contribution is 2.30. The van der Waals surface area contributed by atoms with Crippen LogP contribution in [0.25, 0.3) is 0 Å². The molecule has 0 aromatic carbocycles. The van der Waals surface area contributed by atoms with E-state index in [-0.39, 0.29) is 21.4 Å². The predicted molar refractivity (Wildman–Crippen MR) is 57.8 cm³/mol. The summed E-state index contributed by atoms with van der Waals surface area (Å²) in [5.74, 6) is -0.536. The summed E-state index contributed by atoms with van der Waals surface area (Å²) in [4.78, 5) is 3.72. The summed E-state index contributed by atoms with van der Waals surface area (Å²) in [7, 11) is 0. The lowest BCUT2D eigenvalue weighted by molar-refractivity contribution is -0.275. The van der Waals surface area contributed by atoms with Crippen molar-refractivity contribution in [2.45, 2.75) is 19.5 Å². The van der Waals surface area contributed by atoms with Crippen LogP contribution in [0.4, 0.5) is 17.6 Å². The summed E-state index contributed by atoms with van der Waals surface area (Å²) < 4.78 is 52.4. The van der Waals surface area contributed by atoms with E-state index in [4.69, 9.17) is 5.26 Å². The number of nitriles is 1. The van der Waals surface area contributed by atoms with Gasteiger partial charge in [-0.2, -0.15) is 5.26 Å². The molecule has 17 heavy (non-hydrogen) atoms. The number of hydrogen-bond donors (Lipinski definition) is 0. The second-order valence-electron chi connectivity index (χ2n) is 2.89. The quantitative estimate of drug-likeness (QED) is 0.615. The molecule has 0 unspecified atom stereocenters. The Balaban J connectivity index is 3.20. The zero-order valence-corrected chi connectivity index (χ0v) is 10.3. The first-order valence-corrected chi connectivity index (χ1v) is 5.32. The fourth-order valence-corrected chi connectivity index (χ4v) is 1.65. The van der Waals surface area contributed by atoms with Gasteiger partial charge in [0.1, 0.15) is 12.4 Å². The van der Waals surface area contributed by atoms with Crippen LogP contribution in [0.1, 0.15) is 11.4 Å². The minimum Gasteiger partial charge on any atom is -0.405 e. The number of rotatable bonds is 3. The van der Waals surface area contributed by atoms with Gasteiger partial charge in [-0.15, -0.1) is 13.2 Å². The minimum atomic E-state index is -4.86. The van der Waals surface area contributed by atoms with E-state index in [1.807, 2.05) is 0 Å². The normalized spacial score (nSPS) is 11.1. The van der Waals surface area contributed by atoms with Gasteiger partial charge in [0.15, 0.2) is 0 Å². The maximum Gasteiger partial charge on any atom is 0.573 e. The molecule has 0 amide bonds. The minimum absolute atomic E-state index is 0.0543. The first kappa shape index (κ1) is 14.0. The van der Waals surface area contributed by atoms with E-state index in [1.165, 1.54) is 0 Å². The van der Waals surface area contributed by atoms with Crippen LogP contribution in [0.15, 0.2) is 6.07 Å².